The number of carbonyl (C=O) groups excluding carboxylic acids is 2. The summed E-state index contributed by atoms with van der Waals surface area (Å²) in [6.45, 7) is 3.79. The monoisotopic (exact) mass is 519 g/mol. The molecule has 10 nitrogen and oxygen atoms in total. The molecule has 0 fully saturated rings. The average Bonchev–Trinajstić information content (AvgIpc) is 3.49. The molecule has 0 unspecified atom stereocenters. The van der Waals surface area contributed by atoms with Gasteiger partial charge in [0.05, 0.1) is 36.7 Å². The molecule has 0 spiro atoms. The SMILES string of the molecule is CNC(=O)Nc1ccc2c(c1)C(=O)/C(=C/c1c(-c3c(C)nn(C)c3C)[nH]c3c(OC)c(F)c(OC)cc13)O2. The topological polar surface area (TPSA) is 120 Å². The third-order valence-corrected chi connectivity index (χ3v) is 6.61. The normalized spacial score (nSPS) is 13.6. The number of aromatic nitrogens is 3. The number of methoxy groups -OCH3 is 2. The zero-order chi connectivity index (χ0) is 27.3. The summed E-state index contributed by atoms with van der Waals surface area (Å²) in [6, 6.07) is 5.96. The predicted molar refractivity (Wildman–Crippen MR) is 140 cm³/mol. The fourth-order valence-corrected chi connectivity index (χ4v) is 4.69. The van der Waals surface area contributed by atoms with Crippen molar-refractivity contribution in [2.75, 3.05) is 26.6 Å². The molecule has 4 aromatic rings. The molecule has 2 aromatic heterocycles. The van der Waals surface area contributed by atoms with Crippen molar-refractivity contribution in [3.63, 3.8) is 0 Å². The van der Waals surface area contributed by atoms with E-state index < -0.39 is 11.8 Å². The van der Waals surface area contributed by atoms with Gasteiger partial charge < -0.3 is 29.8 Å². The number of benzene rings is 2. The molecule has 5 rings (SSSR count). The molecule has 0 radical (unpaired) electrons. The van der Waals surface area contributed by atoms with E-state index in [-0.39, 0.29) is 23.0 Å². The van der Waals surface area contributed by atoms with Crippen LogP contribution < -0.4 is 24.8 Å². The van der Waals surface area contributed by atoms with Gasteiger partial charge in [-0.1, -0.05) is 0 Å². The summed E-state index contributed by atoms with van der Waals surface area (Å²) < 4.78 is 33.4. The van der Waals surface area contributed by atoms with Crippen molar-refractivity contribution in [1.82, 2.24) is 20.1 Å². The highest BCUT2D eigenvalue weighted by atomic mass is 19.1. The van der Waals surface area contributed by atoms with Gasteiger partial charge in [-0.15, -0.1) is 0 Å². The lowest BCUT2D eigenvalue weighted by Gasteiger charge is -2.08. The number of carbonyl (C=O) groups is 2. The Labute approximate surface area is 217 Å². The van der Waals surface area contributed by atoms with Gasteiger partial charge in [-0.05, 0) is 44.2 Å². The number of amides is 2. The highest BCUT2D eigenvalue weighted by molar-refractivity contribution is 6.16. The number of rotatable bonds is 5. The molecule has 0 atom stereocenters. The van der Waals surface area contributed by atoms with Crippen LogP contribution in [0.1, 0.15) is 27.3 Å². The number of H-pyrrole nitrogens is 1. The number of hydrogen-bond donors (Lipinski definition) is 3. The summed E-state index contributed by atoms with van der Waals surface area (Å²) in [5, 5.41) is 10.2. The molecule has 11 heteroatoms. The Bertz CT molecular complexity index is 1670. The number of nitrogens with zero attached hydrogens (tertiary/aromatic N) is 2. The summed E-state index contributed by atoms with van der Waals surface area (Å²) in [5.74, 6) is -0.601. The van der Waals surface area contributed by atoms with Gasteiger partial charge in [-0.2, -0.15) is 9.49 Å². The lowest BCUT2D eigenvalue weighted by molar-refractivity contribution is 0.101. The zero-order valence-electron chi connectivity index (χ0n) is 21.7. The minimum Gasteiger partial charge on any atom is -0.494 e. The number of allylic oxidation sites excluding steroid dienone is 1. The largest absolute Gasteiger partial charge is 0.494 e. The van der Waals surface area contributed by atoms with Crippen molar-refractivity contribution in [2.45, 2.75) is 13.8 Å². The lowest BCUT2D eigenvalue weighted by atomic mass is 10.0. The second-order valence-corrected chi connectivity index (χ2v) is 8.79. The summed E-state index contributed by atoms with van der Waals surface area (Å²) in [7, 11) is 6.08. The van der Waals surface area contributed by atoms with Gasteiger partial charge in [-0.25, -0.2) is 4.79 Å². The third-order valence-electron chi connectivity index (χ3n) is 6.61. The molecule has 196 valence electrons. The van der Waals surface area contributed by atoms with E-state index in [1.807, 2.05) is 20.9 Å². The molecule has 2 amide bonds. The Hall–Kier alpha value is -4.80. The fraction of sp³-hybridized carbons (Fsp3) is 0.222. The van der Waals surface area contributed by atoms with Crippen LogP contribution in [-0.2, 0) is 7.05 Å². The maximum atomic E-state index is 15.1. The molecular formula is C27H26FN5O5. The second kappa shape index (κ2) is 9.25. The van der Waals surface area contributed by atoms with E-state index in [0.29, 0.717) is 39.2 Å². The summed E-state index contributed by atoms with van der Waals surface area (Å²) >= 11 is 0. The summed E-state index contributed by atoms with van der Waals surface area (Å²) in [4.78, 5) is 28.4. The van der Waals surface area contributed by atoms with E-state index in [0.717, 1.165) is 17.0 Å². The molecule has 1 aliphatic heterocycles. The molecule has 3 N–H and O–H groups in total. The molecule has 0 saturated heterocycles. The third kappa shape index (κ3) is 3.83. The number of aromatic amines is 1. The number of nitrogens with one attached hydrogen (secondary N) is 3. The molecule has 38 heavy (non-hydrogen) atoms. The fourth-order valence-electron chi connectivity index (χ4n) is 4.69. The van der Waals surface area contributed by atoms with Gasteiger partial charge in [-0.3, -0.25) is 9.48 Å². The van der Waals surface area contributed by atoms with Crippen LogP contribution in [0.15, 0.2) is 30.0 Å². The number of fused-ring (bicyclic) bond motifs is 2. The van der Waals surface area contributed by atoms with Crippen LogP contribution in [0.5, 0.6) is 17.2 Å². The number of hydrogen-bond acceptors (Lipinski definition) is 6. The Morgan fingerprint density at radius 1 is 1.21 bits per heavy atom. The standard InChI is InChI=1S/C27H26FN5O5/c1-12-21(13(2)33(4)32-12)23-15(16-10-19(36-5)22(28)26(37-6)24(16)31-23)11-20-25(34)17-9-14(30-27(35)29-3)7-8-18(17)38-20/h7-11,31H,1-6H3,(H2,29,30,35)/b20-11-. The van der Waals surface area contributed by atoms with Crippen LogP contribution in [0.4, 0.5) is 14.9 Å². The van der Waals surface area contributed by atoms with Gasteiger partial charge in [0.25, 0.3) is 0 Å². The Balaban J connectivity index is 1.72. The highest BCUT2D eigenvalue weighted by Crippen LogP contribution is 2.43. The number of anilines is 1. The maximum absolute atomic E-state index is 15.1. The first-order chi connectivity index (χ1) is 18.2. The molecule has 0 aliphatic carbocycles. The number of ether oxygens (including phenoxy) is 3. The van der Waals surface area contributed by atoms with Gasteiger partial charge in [0, 0.05) is 42.0 Å². The average molecular weight is 520 g/mol. The van der Waals surface area contributed by atoms with Crippen molar-refractivity contribution < 1.29 is 28.2 Å². The van der Waals surface area contributed by atoms with Crippen LogP contribution in [0, 0.1) is 19.7 Å². The minimum absolute atomic E-state index is 0.00829. The van der Waals surface area contributed by atoms with Crippen LogP contribution >= 0.6 is 0 Å². The Kier molecular flexibility index (Phi) is 6.06. The van der Waals surface area contributed by atoms with Crippen molar-refractivity contribution in [1.29, 1.82) is 0 Å². The first kappa shape index (κ1) is 24.9. The van der Waals surface area contributed by atoms with E-state index in [1.165, 1.54) is 21.3 Å². The molecule has 3 heterocycles. The number of Topliss-reactive ketones (excluding diaryl/α,β-unsaturated/α-hetero) is 1. The van der Waals surface area contributed by atoms with E-state index in [1.54, 1.807) is 35.0 Å². The second-order valence-electron chi connectivity index (χ2n) is 8.79. The number of ketones is 1. The minimum atomic E-state index is -0.647. The van der Waals surface area contributed by atoms with Crippen LogP contribution in [0.3, 0.4) is 0 Å². The molecular weight excluding hydrogens is 493 g/mol. The van der Waals surface area contributed by atoms with Crippen LogP contribution in [0.25, 0.3) is 28.2 Å². The van der Waals surface area contributed by atoms with Gasteiger partial charge in [0.2, 0.25) is 11.6 Å². The van der Waals surface area contributed by atoms with Crippen molar-refractivity contribution in [3.05, 3.63) is 58.4 Å². The van der Waals surface area contributed by atoms with Crippen molar-refractivity contribution >= 4 is 34.5 Å². The summed E-state index contributed by atoms with van der Waals surface area (Å²) in [5.41, 5.74) is 4.77. The predicted octanol–water partition coefficient (Wildman–Crippen LogP) is 4.71. The number of aryl methyl sites for hydroxylation is 2. The quantitative estimate of drug-likeness (QED) is 0.329. The van der Waals surface area contributed by atoms with Gasteiger partial charge in [0.15, 0.2) is 17.3 Å². The van der Waals surface area contributed by atoms with Gasteiger partial charge in [0.1, 0.15) is 5.75 Å². The van der Waals surface area contributed by atoms with Crippen LogP contribution in [0.2, 0.25) is 0 Å². The molecule has 0 saturated carbocycles. The van der Waals surface area contributed by atoms with Crippen molar-refractivity contribution in [3.8, 4) is 28.5 Å². The Morgan fingerprint density at radius 3 is 2.61 bits per heavy atom. The highest BCUT2D eigenvalue weighted by Gasteiger charge is 2.30. The smallest absolute Gasteiger partial charge is 0.318 e. The van der Waals surface area contributed by atoms with Crippen LogP contribution in [-0.4, -0.2) is 47.8 Å². The molecule has 0 bridgehead atoms. The lowest BCUT2D eigenvalue weighted by Crippen LogP contribution is -2.24. The number of halogens is 1. The van der Waals surface area contributed by atoms with Gasteiger partial charge >= 0.3 is 6.03 Å². The number of urea groups is 1. The van der Waals surface area contributed by atoms with Crippen molar-refractivity contribution in [2.24, 2.45) is 7.05 Å². The maximum Gasteiger partial charge on any atom is 0.318 e. The molecule has 2 aromatic carbocycles. The van der Waals surface area contributed by atoms with E-state index in [4.69, 9.17) is 14.2 Å². The zero-order valence-corrected chi connectivity index (χ0v) is 21.7. The first-order valence-corrected chi connectivity index (χ1v) is 11.7. The Morgan fingerprint density at radius 2 is 1.97 bits per heavy atom. The summed E-state index contributed by atoms with van der Waals surface area (Å²) in [6.07, 6.45) is 1.62. The molecule has 1 aliphatic rings. The van der Waals surface area contributed by atoms with E-state index in [9.17, 15) is 9.59 Å². The van der Waals surface area contributed by atoms with E-state index in [2.05, 4.69) is 20.7 Å². The van der Waals surface area contributed by atoms with E-state index >= 15 is 4.39 Å². The first-order valence-electron chi connectivity index (χ1n) is 11.7.